The molecule has 4 rings (SSSR count). The minimum absolute atomic E-state index is 0.262. The van der Waals surface area contributed by atoms with E-state index in [1.165, 1.54) is 12.1 Å². The van der Waals surface area contributed by atoms with Gasteiger partial charge in [-0.15, -0.1) is 11.3 Å². The smallest absolute Gasteiger partial charge is 0.157 e. The summed E-state index contributed by atoms with van der Waals surface area (Å²) >= 11 is 1.62. The summed E-state index contributed by atoms with van der Waals surface area (Å²) in [7, 11) is 0. The van der Waals surface area contributed by atoms with E-state index >= 15 is 0 Å². The molecular weight excluding hydrogens is 325 g/mol. The van der Waals surface area contributed by atoms with Gasteiger partial charge in [0, 0.05) is 28.8 Å². The number of benzene rings is 1. The lowest BCUT2D eigenvalue weighted by molar-refractivity contribution is 0.628. The number of thiazole rings is 1. The molecule has 0 bridgehead atoms. The second-order valence-corrected chi connectivity index (χ2v) is 6.31. The number of hydrogen-bond acceptors (Lipinski definition) is 5. The van der Waals surface area contributed by atoms with Crippen LogP contribution in [0.15, 0.2) is 48.0 Å². The summed E-state index contributed by atoms with van der Waals surface area (Å²) < 4.78 is 14.9. The topological polar surface area (TPSA) is 55.1 Å². The highest BCUT2D eigenvalue weighted by atomic mass is 32.1. The Hall–Kier alpha value is -2.80. The van der Waals surface area contributed by atoms with E-state index < -0.39 is 0 Å². The van der Waals surface area contributed by atoms with E-state index in [-0.39, 0.29) is 5.82 Å². The van der Waals surface area contributed by atoms with Gasteiger partial charge >= 0.3 is 0 Å². The molecule has 0 aliphatic rings. The van der Waals surface area contributed by atoms with Crippen molar-refractivity contribution in [3.05, 3.63) is 64.5 Å². The number of aromatic nitrogens is 4. The van der Waals surface area contributed by atoms with Gasteiger partial charge in [0.25, 0.3) is 0 Å². The van der Waals surface area contributed by atoms with E-state index in [1.54, 1.807) is 34.2 Å². The lowest BCUT2D eigenvalue weighted by Crippen LogP contribution is -2.06. The summed E-state index contributed by atoms with van der Waals surface area (Å²) in [6, 6.07) is 10.1. The van der Waals surface area contributed by atoms with Gasteiger partial charge in [0.05, 0.1) is 18.4 Å². The highest BCUT2D eigenvalue weighted by Crippen LogP contribution is 2.23. The van der Waals surface area contributed by atoms with Crippen molar-refractivity contribution < 1.29 is 4.39 Å². The SMILES string of the molecule is Cc1csc(CNc2cc(-c3ccc(F)cc3)nc3ccnn23)n1. The molecule has 7 heteroatoms. The Labute approximate surface area is 141 Å². The lowest BCUT2D eigenvalue weighted by Gasteiger charge is -2.10. The maximum Gasteiger partial charge on any atom is 0.157 e. The van der Waals surface area contributed by atoms with Gasteiger partial charge in [-0.3, -0.25) is 0 Å². The van der Waals surface area contributed by atoms with E-state index in [4.69, 9.17) is 0 Å². The molecule has 0 radical (unpaired) electrons. The first kappa shape index (κ1) is 14.8. The highest BCUT2D eigenvalue weighted by molar-refractivity contribution is 7.09. The standard InChI is InChI=1S/C17H14FN5S/c1-11-10-24-17(21-11)9-19-16-8-14(12-2-4-13(18)5-3-12)22-15-6-7-20-23(15)16/h2-8,10,19H,9H2,1H3. The van der Waals surface area contributed by atoms with Gasteiger partial charge in [0.1, 0.15) is 16.6 Å². The van der Waals surface area contributed by atoms with Crippen LogP contribution in [0.3, 0.4) is 0 Å². The number of halogens is 1. The molecular formula is C17H14FN5S. The average Bonchev–Trinajstić information content (AvgIpc) is 3.22. The Morgan fingerprint density at radius 1 is 1.17 bits per heavy atom. The van der Waals surface area contributed by atoms with Gasteiger partial charge in [0.2, 0.25) is 0 Å². The molecule has 0 fully saturated rings. The van der Waals surface area contributed by atoms with Crippen molar-refractivity contribution in [2.75, 3.05) is 5.32 Å². The molecule has 3 aromatic heterocycles. The van der Waals surface area contributed by atoms with Crippen LogP contribution in [0.1, 0.15) is 10.7 Å². The van der Waals surface area contributed by atoms with Crippen molar-refractivity contribution in [1.82, 2.24) is 19.6 Å². The van der Waals surface area contributed by atoms with Crippen LogP contribution in [-0.4, -0.2) is 19.6 Å². The third kappa shape index (κ3) is 2.85. The molecule has 3 heterocycles. The van der Waals surface area contributed by atoms with Crippen LogP contribution in [0.5, 0.6) is 0 Å². The van der Waals surface area contributed by atoms with E-state index in [9.17, 15) is 4.39 Å². The number of fused-ring (bicyclic) bond motifs is 1. The van der Waals surface area contributed by atoms with Gasteiger partial charge in [0.15, 0.2) is 5.65 Å². The molecule has 0 saturated heterocycles. The fraction of sp³-hybridized carbons (Fsp3) is 0.118. The molecule has 0 amide bonds. The molecule has 1 aromatic carbocycles. The molecule has 5 nitrogen and oxygen atoms in total. The number of nitrogens with one attached hydrogen (secondary N) is 1. The third-order valence-corrected chi connectivity index (χ3v) is 4.55. The van der Waals surface area contributed by atoms with Crippen LogP contribution in [0.25, 0.3) is 16.9 Å². The van der Waals surface area contributed by atoms with Crippen LogP contribution in [0, 0.1) is 12.7 Å². The van der Waals surface area contributed by atoms with Crippen molar-refractivity contribution in [2.45, 2.75) is 13.5 Å². The van der Waals surface area contributed by atoms with E-state index in [1.807, 2.05) is 24.4 Å². The second kappa shape index (κ2) is 6.01. The quantitative estimate of drug-likeness (QED) is 0.612. The minimum atomic E-state index is -0.262. The number of rotatable bonds is 4. The summed E-state index contributed by atoms with van der Waals surface area (Å²) in [4.78, 5) is 9.03. The van der Waals surface area contributed by atoms with Crippen molar-refractivity contribution in [3.63, 3.8) is 0 Å². The van der Waals surface area contributed by atoms with Crippen LogP contribution in [-0.2, 0) is 6.54 Å². The third-order valence-electron chi connectivity index (χ3n) is 3.59. The van der Waals surface area contributed by atoms with Gasteiger partial charge in [-0.05, 0) is 31.2 Å². The Kier molecular flexibility index (Phi) is 3.70. The maximum absolute atomic E-state index is 13.1. The van der Waals surface area contributed by atoms with Crippen LogP contribution in [0.2, 0.25) is 0 Å². The first-order chi connectivity index (χ1) is 11.7. The summed E-state index contributed by atoms with van der Waals surface area (Å²) in [6.45, 7) is 2.59. The molecule has 24 heavy (non-hydrogen) atoms. The van der Waals surface area contributed by atoms with E-state index in [0.717, 1.165) is 33.4 Å². The fourth-order valence-electron chi connectivity index (χ4n) is 2.46. The van der Waals surface area contributed by atoms with Crippen molar-refractivity contribution in [2.24, 2.45) is 0 Å². The van der Waals surface area contributed by atoms with Crippen LogP contribution in [0.4, 0.5) is 10.2 Å². The zero-order valence-electron chi connectivity index (χ0n) is 12.9. The van der Waals surface area contributed by atoms with Crippen LogP contribution >= 0.6 is 11.3 Å². The molecule has 0 aliphatic heterocycles. The fourth-order valence-corrected chi connectivity index (χ4v) is 3.17. The second-order valence-electron chi connectivity index (χ2n) is 5.37. The van der Waals surface area contributed by atoms with Gasteiger partial charge < -0.3 is 5.32 Å². The lowest BCUT2D eigenvalue weighted by atomic mass is 10.1. The molecule has 0 aliphatic carbocycles. The predicted octanol–water partition coefficient (Wildman–Crippen LogP) is 3.91. The predicted molar refractivity (Wildman–Crippen MR) is 92.6 cm³/mol. The van der Waals surface area contributed by atoms with Gasteiger partial charge in [-0.25, -0.2) is 14.4 Å². The number of anilines is 1. The van der Waals surface area contributed by atoms with Gasteiger partial charge in [-0.2, -0.15) is 9.61 Å². The first-order valence-electron chi connectivity index (χ1n) is 7.45. The van der Waals surface area contributed by atoms with Gasteiger partial charge in [-0.1, -0.05) is 0 Å². The van der Waals surface area contributed by atoms with Crippen molar-refractivity contribution in [3.8, 4) is 11.3 Å². The summed E-state index contributed by atoms with van der Waals surface area (Å²) in [5.74, 6) is 0.554. The van der Waals surface area contributed by atoms with E-state index in [2.05, 4.69) is 20.4 Å². The molecule has 120 valence electrons. The molecule has 4 aromatic rings. The Balaban J connectivity index is 1.70. The van der Waals surface area contributed by atoms with Crippen molar-refractivity contribution >= 4 is 22.8 Å². The monoisotopic (exact) mass is 339 g/mol. The average molecular weight is 339 g/mol. The number of nitrogens with zero attached hydrogens (tertiary/aromatic N) is 4. The molecule has 0 atom stereocenters. The molecule has 0 saturated carbocycles. The number of aryl methyl sites for hydroxylation is 1. The zero-order valence-corrected chi connectivity index (χ0v) is 13.7. The zero-order chi connectivity index (χ0) is 16.5. The van der Waals surface area contributed by atoms with Crippen molar-refractivity contribution in [1.29, 1.82) is 0 Å². The minimum Gasteiger partial charge on any atom is -0.363 e. The summed E-state index contributed by atoms with van der Waals surface area (Å²) in [5.41, 5.74) is 3.37. The summed E-state index contributed by atoms with van der Waals surface area (Å²) in [5, 5.41) is 10.7. The first-order valence-corrected chi connectivity index (χ1v) is 8.32. The molecule has 1 N–H and O–H groups in total. The maximum atomic E-state index is 13.1. The molecule has 0 unspecified atom stereocenters. The molecule has 0 spiro atoms. The Morgan fingerprint density at radius 2 is 2.00 bits per heavy atom. The highest BCUT2D eigenvalue weighted by Gasteiger charge is 2.09. The normalized spacial score (nSPS) is 11.1. The largest absolute Gasteiger partial charge is 0.363 e. The summed E-state index contributed by atoms with van der Waals surface area (Å²) in [6.07, 6.45) is 1.70. The van der Waals surface area contributed by atoms with Crippen LogP contribution < -0.4 is 5.32 Å². The number of hydrogen-bond donors (Lipinski definition) is 1. The Bertz CT molecular complexity index is 990. The Morgan fingerprint density at radius 3 is 2.75 bits per heavy atom. The van der Waals surface area contributed by atoms with E-state index in [0.29, 0.717) is 6.54 Å².